The number of amides is 1. The van der Waals surface area contributed by atoms with E-state index in [1.807, 2.05) is 42.6 Å². The number of carboxylic acids is 2. The van der Waals surface area contributed by atoms with Crippen LogP contribution in [0, 0.1) is 0 Å². The largest absolute Gasteiger partial charge is 0.480 e. The lowest BCUT2D eigenvalue weighted by atomic mass is 9.97. The zero-order valence-corrected chi connectivity index (χ0v) is 15.7. The minimum absolute atomic E-state index is 0.121. The SMILES string of the molecule is CCC(C(=O)Oc1ccc(CC(NC(=O)C(=O)O)C(=O)O)cc1)c1ccccc1. The predicted molar refractivity (Wildman–Crippen MR) is 102 cm³/mol. The third-order valence-corrected chi connectivity index (χ3v) is 4.27. The van der Waals surface area contributed by atoms with Gasteiger partial charge in [-0.2, -0.15) is 0 Å². The highest BCUT2D eigenvalue weighted by Gasteiger charge is 2.24. The highest BCUT2D eigenvalue weighted by Crippen LogP contribution is 2.23. The van der Waals surface area contributed by atoms with Crippen LogP contribution in [0.1, 0.15) is 30.4 Å². The van der Waals surface area contributed by atoms with Crippen molar-refractivity contribution in [3.8, 4) is 5.75 Å². The quantitative estimate of drug-likeness (QED) is 0.351. The number of esters is 1. The van der Waals surface area contributed by atoms with Gasteiger partial charge in [-0.3, -0.25) is 9.59 Å². The highest BCUT2D eigenvalue weighted by atomic mass is 16.5. The fraction of sp³-hybridized carbons (Fsp3) is 0.238. The third-order valence-electron chi connectivity index (χ3n) is 4.27. The van der Waals surface area contributed by atoms with E-state index < -0.39 is 35.8 Å². The Morgan fingerprint density at radius 2 is 1.59 bits per heavy atom. The Bertz CT molecular complexity index is 878. The van der Waals surface area contributed by atoms with E-state index in [1.165, 1.54) is 12.1 Å². The van der Waals surface area contributed by atoms with Gasteiger partial charge in [0.2, 0.25) is 0 Å². The van der Waals surface area contributed by atoms with Crippen LogP contribution in [0.5, 0.6) is 5.75 Å². The van der Waals surface area contributed by atoms with Gasteiger partial charge in [0.1, 0.15) is 11.8 Å². The van der Waals surface area contributed by atoms with Crippen LogP contribution >= 0.6 is 0 Å². The van der Waals surface area contributed by atoms with Crippen molar-refractivity contribution < 1.29 is 34.1 Å². The summed E-state index contributed by atoms with van der Waals surface area (Å²) >= 11 is 0. The van der Waals surface area contributed by atoms with E-state index >= 15 is 0 Å². The maximum absolute atomic E-state index is 12.5. The fourth-order valence-electron chi connectivity index (χ4n) is 2.76. The van der Waals surface area contributed by atoms with Gasteiger partial charge in [-0.05, 0) is 29.7 Å². The van der Waals surface area contributed by atoms with E-state index in [1.54, 1.807) is 12.1 Å². The molecule has 0 aliphatic heterocycles. The summed E-state index contributed by atoms with van der Waals surface area (Å²) in [5.74, 6) is -5.02. The van der Waals surface area contributed by atoms with Crippen molar-refractivity contribution in [1.82, 2.24) is 5.32 Å². The lowest BCUT2D eigenvalue weighted by molar-refractivity contribution is -0.152. The van der Waals surface area contributed by atoms with Gasteiger partial charge >= 0.3 is 23.8 Å². The Labute approximate surface area is 167 Å². The summed E-state index contributed by atoms with van der Waals surface area (Å²) in [6.45, 7) is 1.89. The standard InChI is InChI=1S/C21H21NO7/c1-2-16(14-6-4-3-5-7-14)21(28)29-15-10-8-13(9-11-15)12-17(19(24)25)22-18(23)20(26)27/h3-11,16-17H,2,12H2,1H3,(H,22,23)(H,24,25)(H,26,27). The molecule has 152 valence electrons. The van der Waals surface area contributed by atoms with Crippen molar-refractivity contribution in [3.05, 3.63) is 65.7 Å². The molecule has 0 heterocycles. The number of ether oxygens (including phenoxy) is 1. The molecule has 0 radical (unpaired) electrons. The number of carboxylic acid groups (broad SMARTS) is 2. The van der Waals surface area contributed by atoms with Crippen LogP contribution in [0.2, 0.25) is 0 Å². The number of benzene rings is 2. The summed E-state index contributed by atoms with van der Waals surface area (Å²) in [7, 11) is 0. The second-order valence-electron chi connectivity index (χ2n) is 6.31. The van der Waals surface area contributed by atoms with Crippen LogP contribution in [0.4, 0.5) is 0 Å². The van der Waals surface area contributed by atoms with Crippen molar-refractivity contribution in [2.75, 3.05) is 0 Å². The molecule has 0 fully saturated rings. The highest BCUT2D eigenvalue weighted by molar-refractivity contribution is 6.31. The first-order valence-corrected chi connectivity index (χ1v) is 8.94. The molecule has 0 aliphatic rings. The summed E-state index contributed by atoms with van der Waals surface area (Å²) in [6, 6.07) is 14.0. The Morgan fingerprint density at radius 3 is 2.10 bits per heavy atom. The molecule has 1 amide bonds. The molecular weight excluding hydrogens is 378 g/mol. The smallest absolute Gasteiger partial charge is 0.394 e. The first-order chi connectivity index (χ1) is 13.8. The molecule has 8 nitrogen and oxygen atoms in total. The van der Waals surface area contributed by atoms with Crippen molar-refractivity contribution >= 4 is 23.8 Å². The summed E-state index contributed by atoms with van der Waals surface area (Å²) in [4.78, 5) is 45.5. The van der Waals surface area contributed by atoms with E-state index in [9.17, 15) is 19.2 Å². The first-order valence-electron chi connectivity index (χ1n) is 8.94. The van der Waals surface area contributed by atoms with E-state index in [4.69, 9.17) is 14.9 Å². The topological polar surface area (TPSA) is 130 Å². The molecule has 0 aliphatic carbocycles. The van der Waals surface area contributed by atoms with Gasteiger partial charge < -0.3 is 20.3 Å². The Balaban J connectivity index is 2.03. The lowest BCUT2D eigenvalue weighted by Gasteiger charge is -2.15. The number of nitrogens with one attached hydrogen (secondary N) is 1. The molecule has 0 aromatic heterocycles. The molecule has 0 spiro atoms. The average Bonchev–Trinajstić information content (AvgIpc) is 2.70. The molecular formula is C21H21NO7. The molecule has 2 atom stereocenters. The van der Waals surface area contributed by atoms with Crippen LogP contribution < -0.4 is 10.1 Å². The molecule has 8 heteroatoms. The van der Waals surface area contributed by atoms with Crippen LogP contribution in [-0.4, -0.2) is 40.1 Å². The number of carbonyl (C=O) groups is 4. The maximum atomic E-state index is 12.5. The second kappa shape index (κ2) is 10.0. The average molecular weight is 399 g/mol. The summed E-state index contributed by atoms with van der Waals surface area (Å²) in [6.07, 6.45) is 0.453. The van der Waals surface area contributed by atoms with Crippen molar-refractivity contribution in [2.24, 2.45) is 0 Å². The molecule has 2 aromatic carbocycles. The summed E-state index contributed by atoms with van der Waals surface area (Å²) < 4.78 is 5.42. The number of hydrogen-bond acceptors (Lipinski definition) is 5. The van der Waals surface area contributed by atoms with Crippen LogP contribution in [0.25, 0.3) is 0 Å². The van der Waals surface area contributed by atoms with Gasteiger partial charge in [0.15, 0.2) is 0 Å². The fourth-order valence-corrected chi connectivity index (χ4v) is 2.76. The van der Waals surface area contributed by atoms with E-state index in [0.717, 1.165) is 5.56 Å². The number of rotatable bonds is 8. The Hall–Kier alpha value is -3.68. The second-order valence-corrected chi connectivity index (χ2v) is 6.31. The molecule has 3 N–H and O–H groups in total. The molecule has 0 saturated heterocycles. The van der Waals surface area contributed by atoms with Gasteiger partial charge in [0.05, 0.1) is 5.92 Å². The maximum Gasteiger partial charge on any atom is 0.394 e. The van der Waals surface area contributed by atoms with Gasteiger partial charge in [0.25, 0.3) is 0 Å². The normalized spacial score (nSPS) is 12.4. The minimum Gasteiger partial charge on any atom is -0.480 e. The monoisotopic (exact) mass is 399 g/mol. The molecule has 2 rings (SSSR count). The van der Waals surface area contributed by atoms with Crippen LogP contribution in [-0.2, 0) is 25.6 Å². The van der Waals surface area contributed by atoms with Crippen LogP contribution in [0.3, 0.4) is 0 Å². The molecule has 0 bridgehead atoms. The summed E-state index contributed by atoms with van der Waals surface area (Å²) in [5, 5.41) is 19.7. The van der Waals surface area contributed by atoms with Crippen molar-refractivity contribution in [3.63, 3.8) is 0 Å². The number of aliphatic carboxylic acids is 2. The van der Waals surface area contributed by atoms with Crippen LogP contribution in [0.15, 0.2) is 54.6 Å². The van der Waals surface area contributed by atoms with Gasteiger partial charge in [0, 0.05) is 6.42 Å². The lowest BCUT2D eigenvalue weighted by Crippen LogP contribution is -2.45. The van der Waals surface area contributed by atoms with Crippen molar-refractivity contribution in [2.45, 2.75) is 31.7 Å². The van der Waals surface area contributed by atoms with Crippen molar-refractivity contribution in [1.29, 1.82) is 0 Å². The third kappa shape index (κ3) is 6.17. The molecule has 2 aromatic rings. The minimum atomic E-state index is -1.76. The zero-order chi connectivity index (χ0) is 21.4. The summed E-state index contributed by atoms with van der Waals surface area (Å²) in [5.41, 5.74) is 1.38. The van der Waals surface area contributed by atoms with E-state index in [2.05, 4.69) is 0 Å². The molecule has 29 heavy (non-hydrogen) atoms. The molecule has 2 unspecified atom stereocenters. The Kier molecular flexibility index (Phi) is 7.47. The zero-order valence-electron chi connectivity index (χ0n) is 15.7. The number of carbonyl (C=O) groups excluding carboxylic acids is 2. The predicted octanol–water partition coefficient (Wildman–Crippen LogP) is 1.98. The van der Waals surface area contributed by atoms with Gasteiger partial charge in [-0.15, -0.1) is 0 Å². The van der Waals surface area contributed by atoms with E-state index in [0.29, 0.717) is 17.7 Å². The Morgan fingerprint density at radius 1 is 0.966 bits per heavy atom. The van der Waals surface area contributed by atoms with Gasteiger partial charge in [-0.1, -0.05) is 49.4 Å². The molecule has 0 saturated carbocycles. The first kappa shape index (κ1) is 21.6. The van der Waals surface area contributed by atoms with E-state index in [-0.39, 0.29) is 6.42 Å². The van der Waals surface area contributed by atoms with Gasteiger partial charge in [-0.25, -0.2) is 9.59 Å². The number of hydrogen-bond donors (Lipinski definition) is 3.